The summed E-state index contributed by atoms with van der Waals surface area (Å²) in [6.07, 6.45) is 1.56. The first-order valence-electron chi connectivity index (χ1n) is 12.4. The van der Waals surface area contributed by atoms with Crippen LogP contribution in [0.4, 0.5) is 5.69 Å². The van der Waals surface area contributed by atoms with Crippen LogP contribution in [0.3, 0.4) is 0 Å². The summed E-state index contributed by atoms with van der Waals surface area (Å²) in [5, 5.41) is 11.1. The van der Waals surface area contributed by atoms with Crippen LogP contribution in [0.5, 0.6) is 0 Å². The van der Waals surface area contributed by atoms with Crippen molar-refractivity contribution in [2.75, 3.05) is 13.7 Å². The highest BCUT2D eigenvalue weighted by Crippen LogP contribution is 2.31. The molecule has 3 heterocycles. The van der Waals surface area contributed by atoms with Crippen molar-refractivity contribution in [3.63, 3.8) is 0 Å². The van der Waals surface area contributed by atoms with E-state index in [9.17, 15) is 24.5 Å². The monoisotopic (exact) mass is 573 g/mol. The van der Waals surface area contributed by atoms with Gasteiger partial charge in [-0.05, 0) is 43.7 Å². The van der Waals surface area contributed by atoms with Gasteiger partial charge < -0.3 is 13.9 Å². The van der Waals surface area contributed by atoms with Gasteiger partial charge in [0.15, 0.2) is 4.80 Å². The van der Waals surface area contributed by atoms with E-state index in [1.807, 2.05) is 0 Å². The number of furan rings is 1. The van der Waals surface area contributed by atoms with Crippen LogP contribution < -0.4 is 14.9 Å². The van der Waals surface area contributed by atoms with Crippen LogP contribution in [0.15, 0.2) is 86.1 Å². The minimum absolute atomic E-state index is 0.0684. The molecular formula is C29H23N3O8S. The molecule has 0 radical (unpaired) electrons. The van der Waals surface area contributed by atoms with Gasteiger partial charge in [0, 0.05) is 23.8 Å². The molecule has 1 atom stereocenters. The first kappa shape index (κ1) is 27.5. The van der Waals surface area contributed by atoms with Gasteiger partial charge in [-0.15, -0.1) is 0 Å². The van der Waals surface area contributed by atoms with E-state index in [-0.39, 0.29) is 17.9 Å². The summed E-state index contributed by atoms with van der Waals surface area (Å²) in [4.78, 5) is 54.4. The number of ether oxygens (including phenoxy) is 2. The molecule has 1 aliphatic heterocycles. The second kappa shape index (κ2) is 11.2. The second-order valence-electron chi connectivity index (χ2n) is 8.93. The molecule has 5 rings (SSSR count). The van der Waals surface area contributed by atoms with E-state index in [0.717, 1.165) is 11.3 Å². The van der Waals surface area contributed by atoms with Crippen molar-refractivity contribution in [1.29, 1.82) is 0 Å². The Morgan fingerprint density at radius 1 is 1.15 bits per heavy atom. The zero-order valence-corrected chi connectivity index (χ0v) is 23.0. The van der Waals surface area contributed by atoms with E-state index in [1.165, 1.54) is 23.8 Å². The Morgan fingerprint density at radius 2 is 1.90 bits per heavy atom. The number of allylic oxidation sites excluding steroid dienone is 1. The van der Waals surface area contributed by atoms with E-state index in [4.69, 9.17) is 13.9 Å². The Labute approximate surface area is 236 Å². The first-order chi connectivity index (χ1) is 19.7. The number of hydrogen-bond acceptors (Lipinski definition) is 10. The van der Waals surface area contributed by atoms with E-state index >= 15 is 0 Å². The molecule has 0 N–H and O–H groups in total. The number of nitrogens with zero attached hydrogens (tertiary/aromatic N) is 3. The Bertz CT molecular complexity index is 1900. The smallest absolute Gasteiger partial charge is 0.338 e. The number of non-ortho nitro benzene ring substituents is 1. The van der Waals surface area contributed by atoms with Crippen molar-refractivity contribution in [3.05, 3.63) is 119 Å². The number of esters is 2. The summed E-state index contributed by atoms with van der Waals surface area (Å²) in [6, 6.07) is 15.0. The number of nitro benzene ring substituents is 1. The molecule has 11 nitrogen and oxygen atoms in total. The van der Waals surface area contributed by atoms with Gasteiger partial charge in [0.1, 0.15) is 11.5 Å². The van der Waals surface area contributed by atoms with Crippen LogP contribution >= 0.6 is 11.3 Å². The highest BCUT2D eigenvalue weighted by molar-refractivity contribution is 7.07. The molecule has 208 valence electrons. The number of fused-ring (bicyclic) bond motifs is 1. The maximum atomic E-state index is 13.8. The lowest BCUT2D eigenvalue weighted by molar-refractivity contribution is -0.384. The van der Waals surface area contributed by atoms with E-state index in [2.05, 4.69) is 4.99 Å². The quantitative estimate of drug-likeness (QED) is 0.185. The zero-order valence-electron chi connectivity index (χ0n) is 22.2. The highest BCUT2D eigenvalue weighted by atomic mass is 32.1. The van der Waals surface area contributed by atoms with Crippen molar-refractivity contribution in [1.82, 2.24) is 4.57 Å². The van der Waals surface area contributed by atoms with Gasteiger partial charge in [-0.2, -0.15) is 0 Å². The van der Waals surface area contributed by atoms with Crippen molar-refractivity contribution in [2.24, 2.45) is 4.99 Å². The third-order valence-electron chi connectivity index (χ3n) is 6.41. The molecule has 0 saturated carbocycles. The predicted octanol–water partition coefficient (Wildman–Crippen LogP) is 3.75. The normalized spacial score (nSPS) is 14.8. The molecule has 0 aliphatic carbocycles. The summed E-state index contributed by atoms with van der Waals surface area (Å²) in [6.45, 7) is 3.50. The van der Waals surface area contributed by atoms with Crippen LogP contribution in [0.1, 0.15) is 41.6 Å². The highest BCUT2D eigenvalue weighted by Gasteiger charge is 2.33. The number of carbonyl (C=O) groups excluding carboxylic acids is 2. The fraction of sp³-hybridized carbons (Fsp3) is 0.172. The standard InChI is InChI=1S/C29H23N3O8S/c1-4-39-28(35)24-16(2)30-29-31(25(24)17-8-10-18(11-9-17)27(34)38-3)26(33)23(41-29)15-21-12-13-22(40-21)19-6-5-7-20(14-19)32(36)37/h5-15,25H,4H2,1-3H3. The van der Waals surface area contributed by atoms with Crippen molar-refractivity contribution < 1.29 is 28.4 Å². The van der Waals surface area contributed by atoms with Crippen LogP contribution in [-0.4, -0.2) is 35.1 Å². The number of thiazole rings is 1. The third-order valence-corrected chi connectivity index (χ3v) is 7.39. The van der Waals surface area contributed by atoms with Crippen molar-refractivity contribution >= 4 is 35.0 Å². The number of rotatable bonds is 7. The lowest BCUT2D eigenvalue weighted by Gasteiger charge is -2.24. The van der Waals surface area contributed by atoms with Gasteiger partial charge in [0.05, 0.1) is 46.0 Å². The molecule has 0 spiro atoms. The SMILES string of the molecule is CCOC(=O)C1=C(C)N=c2sc(=Cc3ccc(-c4cccc([N+](=O)[O-])c4)o3)c(=O)n2C1c1ccc(C(=O)OC)cc1. The molecule has 0 saturated heterocycles. The molecule has 0 amide bonds. The fourth-order valence-corrected chi connectivity index (χ4v) is 5.54. The van der Waals surface area contributed by atoms with Crippen molar-refractivity contribution in [3.8, 4) is 11.3 Å². The Kier molecular flexibility index (Phi) is 7.49. The maximum Gasteiger partial charge on any atom is 0.338 e. The molecule has 0 fully saturated rings. The maximum absolute atomic E-state index is 13.8. The van der Waals surface area contributed by atoms with Gasteiger partial charge in [-0.3, -0.25) is 19.5 Å². The Balaban J connectivity index is 1.61. The summed E-state index contributed by atoms with van der Waals surface area (Å²) in [7, 11) is 1.28. The summed E-state index contributed by atoms with van der Waals surface area (Å²) < 4.78 is 17.7. The average molecular weight is 574 g/mol. The molecule has 2 aromatic carbocycles. The summed E-state index contributed by atoms with van der Waals surface area (Å²) in [5.74, 6) is -0.354. The minimum atomic E-state index is -0.851. The lowest BCUT2D eigenvalue weighted by atomic mass is 9.95. The molecule has 1 unspecified atom stereocenters. The van der Waals surface area contributed by atoms with Crippen molar-refractivity contribution in [2.45, 2.75) is 19.9 Å². The molecule has 1 aliphatic rings. The summed E-state index contributed by atoms with van der Waals surface area (Å²) >= 11 is 1.13. The first-order valence-corrected chi connectivity index (χ1v) is 13.3. The van der Waals surface area contributed by atoms with Crippen LogP contribution in [0.25, 0.3) is 17.4 Å². The number of hydrogen-bond donors (Lipinski definition) is 0. The largest absolute Gasteiger partial charge is 0.465 e. The molecular weight excluding hydrogens is 550 g/mol. The summed E-state index contributed by atoms with van der Waals surface area (Å²) in [5.41, 5.74) is 1.56. The fourth-order valence-electron chi connectivity index (χ4n) is 4.51. The van der Waals surface area contributed by atoms with Crippen LogP contribution in [0, 0.1) is 10.1 Å². The van der Waals surface area contributed by atoms with Gasteiger partial charge in [0.25, 0.3) is 11.2 Å². The zero-order chi connectivity index (χ0) is 29.3. The van der Waals surface area contributed by atoms with E-state index in [0.29, 0.717) is 43.2 Å². The Hall–Kier alpha value is -5.10. The van der Waals surface area contributed by atoms with Gasteiger partial charge in [-0.25, -0.2) is 14.6 Å². The minimum Gasteiger partial charge on any atom is -0.465 e. The molecule has 2 aromatic heterocycles. The second-order valence-corrected chi connectivity index (χ2v) is 9.93. The predicted molar refractivity (Wildman–Crippen MR) is 149 cm³/mol. The van der Waals surface area contributed by atoms with Gasteiger partial charge >= 0.3 is 11.9 Å². The topological polar surface area (TPSA) is 143 Å². The number of aromatic nitrogens is 1. The van der Waals surface area contributed by atoms with Crippen LogP contribution in [0.2, 0.25) is 0 Å². The van der Waals surface area contributed by atoms with Gasteiger partial charge in [-0.1, -0.05) is 35.6 Å². The molecule has 0 bridgehead atoms. The molecule has 4 aromatic rings. The van der Waals surface area contributed by atoms with E-state index < -0.39 is 28.5 Å². The van der Waals surface area contributed by atoms with E-state index in [1.54, 1.807) is 68.5 Å². The lowest BCUT2D eigenvalue weighted by Crippen LogP contribution is -2.39. The third kappa shape index (κ3) is 5.24. The Morgan fingerprint density at radius 3 is 2.59 bits per heavy atom. The number of nitro groups is 1. The number of methoxy groups -OCH3 is 1. The molecule has 12 heteroatoms. The number of benzene rings is 2. The van der Waals surface area contributed by atoms with Crippen LogP contribution in [-0.2, 0) is 14.3 Å². The molecule has 41 heavy (non-hydrogen) atoms. The number of carbonyl (C=O) groups is 2. The van der Waals surface area contributed by atoms with Gasteiger partial charge in [0.2, 0.25) is 0 Å². The average Bonchev–Trinajstić information content (AvgIpc) is 3.56.